The van der Waals surface area contributed by atoms with Gasteiger partial charge in [-0.3, -0.25) is 0 Å². The zero-order chi connectivity index (χ0) is 26.4. The van der Waals surface area contributed by atoms with Gasteiger partial charge in [0.15, 0.2) is 0 Å². The Labute approximate surface area is 216 Å². The Morgan fingerprint density at radius 2 is 0.865 bits per heavy atom. The summed E-state index contributed by atoms with van der Waals surface area (Å²) in [7, 11) is -3.83. The summed E-state index contributed by atoms with van der Waals surface area (Å²) in [5, 5.41) is 0. The van der Waals surface area contributed by atoms with Crippen LogP contribution in [0.15, 0.2) is 107 Å². The van der Waals surface area contributed by atoms with Crippen LogP contribution in [0.25, 0.3) is 0 Å². The molecule has 188 valence electrons. The summed E-state index contributed by atoms with van der Waals surface area (Å²) in [5.41, 5.74) is 3.04. The molecule has 0 amide bonds. The first-order valence-electron chi connectivity index (χ1n) is 11.9. The van der Waals surface area contributed by atoms with Gasteiger partial charge < -0.3 is 9.47 Å². The molecule has 4 rings (SSSR count). The molecule has 0 bridgehead atoms. The maximum atomic E-state index is 13.0. The zero-order valence-corrected chi connectivity index (χ0v) is 21.3. The van der Waals surface area contributed by atoms with Gasteiger partial charge in [0.05, 0.1) is 20.9 Å². The van der Waals surface area contributed by atoms with Gasteiger partial charge in [-0.1, -0.05) is 38.1 Å². The second kappa shape index (κ2) is 11.2. The Balaban J connectivity index is 1.42. The van der Waals surface area contributed by atoms with Crippen LogP contribution in [0, 0.1) is 0 Å². The van der Waals surface area contributed by atoms with Gasteiger partial charge in [-0.2, -0.15) is 0 Å². The molecule has 6 nitrogen and oxygen atoms in total. The summed E-state index contributed by atoms with van der Waals surface area (Å²) < 4.78 is 36.8. The highest BCUT2D eigenvalue weighted by atomic mass is 32.2. The van der Waals surface area contributed by atoms with E-state index in [1.165, 1.54) is 48.5 Å². The minimum Gasteiger partial charge on any atom is -0.423 e. The third kappa shape index (κ3) is 6.13. The van der Waals surface area contributed by atoms with E-state index in [-0.39, 0.29) is 21.3 Å². The molecule has 0 aliphatic carbocycles. The molecule has 0 aromatic heterocycles. The molecule has 0 N–H and O–H groups in total. The van der Waals surface area contributed by atoms with Crippen molar-refractivity contribution < 1.29 is 27.5 Å². The molecule has 4 aromatic rings. The average molecular weight is 515 g/mol. The summed E-state index contributed by atoms with van der Waals surface area (Å²) in [6.45, 7) is 4.05. The first-order chi connectivity index (χ1) is 17.8. The minimum absolute atomic E-state index is 0.0420. The Kier molecular flexibility index (Phi) is 7.84. The van der Waals surface area contributed by atoms with Crippen molar-refractivity contribution in [2.24, 2.45) is 0 Å². The van der Waals surface area contributed by atoms with E-state index in [1.807, 2.05) is 38.1 Å². The van der Waals surface area contributed by atoms with Crippen LogP contribution in [0.2, 0.25) is 0 Å². The third-order valence-electron chi connectivity index (χ3n) is 5.88. The number of ether oxygens (including phenoxy) is 2. The summed E-state index contributed by atoms with van der Waals surface area (Å²) >= 11 is 0. The number of benzene rings is 4. The van der Waals surface area contributed by atoms with Crippen molar-refractivity contribution in [3.05, 3.63) is 119 Å². The number of esters is 2. The van der Waals surface area contributed by atoms with Gasteiger partial charge in [-0.25, -0.2) is 18.0 Å². The molecule has 0 atom stereocenters. The van der Waals surface area contributed by atoms with Crippen molar-refractivity contribution in [2.75, 3.05) is 0 Å². The highest BCUT2D eigenvalue weighted by molar-refractivity contribution is 7.91. The van der Waals surface area contributed by atoms with E-state index in [4.69, 9.17) is 9.47 Å². The largest absolute Gasteiger partial charge is 0.423 e. The molecule has 7 heteroatoms. The van der Waals surface area contributed by atoms with Crippen LogP contribution in [0.5, 0.6) is 11.5 Å². The maximum Gasteiger partial charge on any atom is 0.343 e. The molecule has 37 heavy (non-hydrogen) atoms. The number of sulfone groups is 1. The Morgan fingerprint density at radius 3 is 1.16 bits per heavy atom. The Hall–Kier alpha value is -4.23. The summed E-state index contributed by atoms with van der Waals surface area (Å²) in [6.07, 6.45) is 1.74. The zero-order valence-electron chi connectivity index (χ0n) is 20.5. The summed E-state index contributed by atoms with van der Waals surface area (Å²) in [4.78, 5) is 24.8. The summed E-state index contributed by atoms with van der Waals surface area (Å²) in [5.74, 6) is -0.579. The van der Waals surface area contributed by atoms with Gasteiger partial charge in [0.1, 0.15) is 11.5 Å². The van der Waals surface area contributed by atoms with Crippen molar-refractivity contribution in [1.29, 1.82) is 0 Å². The molecule has 0 aliphatic rings. The molecule has 0 saturated carbocycles. The van der Waals surface area contributed by atoms with E-state index >= 15 is 0 Å². The van der Waals surface area contributed by atoms with Crippen molar-refractivity contribution in [3.63, 3.8) is 0 Å². The van der Waals surface area contributed by atoms with E-state index < -0.39 is 21.8 Å². The van der Waals surface area contributed by atoms with Crippen molar-refractivity contribution in [1.82, 2.24) is 0 Å². The smallest absolute Gasteiger partial charge is 0.343 e. The molecular weight excluding hydrogens is 488 g/mol. The van der Waals surface area contributed by atoms with Crippen molar-refractivity contribution in [2.45, 2.75) is 36.5 Å². The minimum atomic E-state index is -3.83. The number of rotatable bonds is 8. The lowest BCUT2D eigenvalue weighted by molar-refractivity contribution is 0.0725. The van der Waals surface area contributed by atoms with E-state index in [0.717, 1.165) is 24.0 Å². The molecule has 0 aliphatic heterocycles. The molecule has 0 heterocycles. The SMILES string of the molecule is CCc1ccc(C(=O)Oc2ccc(S(=O)(=O)c3ccc(OC(=O)c4ccc(CC)cc4)cc3)cc2)cc1. The van der Waals surface area contributed by atoms with Gasteiger partial charge in [-0.15, -0.1) is 0 Å². The van der Waals surface area contributed by atoms with Crippen molar-refractivity contribution in [3.8, 4) is 11.5 Å². The van der Waals surface area contributed by atoms with Crippen LogP contribution in [-0.2, 0) is 22.7 Å². The fourth-order valence-corrected chi connectivity index (χ4v) is 4.86. The lowest BCUT2D eigenvalue weighted by Gasteiger charge is -2.09. The van der Waals surface area contributed by atoms with Gasteiger partial charge in [0.25, 0.3) is 0 Å². The molecule has 0 fully saturated rings. The first kappa shape index (κ1) is 25.9. The Morgan fingerprint density at radius 1 is 0.541 bits per heavy atom. The van der Waals surface area contributed by atoms with E-state index in [9.17, 15) is 18.0 Å². The molecular formula is C30H26O6S. The lowest BCUT2D eigenvalue weighted by atomic mass is 10.1. The topological polar surface area (TPSA) is 86.7 Å². The predicted octanol–water partition coefficient (Wildman–Crippen LogP) is 6.08. The lowest BCUT2D eigenvalue weighted by Crippen LogP contribution is -2.09. The summed E-state index contributed by atoms with van der Waals surface area (Å²) in [6, 6.07) is 25.5. The van der Waals surface area contributed by atoms with Gasteiger partial charge in [-0.05, 0) is 96.8 Å². The van der Waals surface area contributed by atoms with Gasteiger partial charge >= 0.3 is 11.9 Å². The van der Waals surface area contributed by atoms with Gasteiger partial charge in [0.2, 0.25) is 9.84 Å². The van der Waals surface area contributed by atoms with Crippen LogP contribution < -0.4 is 9.47 Å². The monoisotopic (exact) mass is 514 g/mol. The normalized spacial score (nSPS) is 11.1. The standard InChI is InChI=1S/C30H26O6S/c1-3-21-5-9-23(10-6-21)29(31)35-25-13-17-27(18-14-25)37(33,34)28-19-15-26(16-20-28)36-30(32)24-11-7-22(4-2)8-12-24/h5-20H,3-4H2,1-2H3. The van der Waals surface area contributed by atoms with E-state index in [0.29, 0.717) is 11.1 Å². The van der Waals surface area contributed by atoms with E-state index in [1.54, 1.807) is 24.3 Å². The van der Waals surface area contributed by atoms with Crippen LogP contribution in [-0.4, -0.2) is 20.4 Å². The van der Waals surface area contributed by atoms with Crippen LogP contribution >= 0.6 is 0 Å². The molecule has 0 spiro atoms. The van der Waals surface area contributed by atoms with Crippen LogP contribution in [0.4, 0.5) is 0 Å². The van der Waals surface area contributed by atoms with Crippen LogP contribution in [0.1, 0.15) is 45.7 Å². The quantitative estimate of drug-likeness (QED) is 0.209. The average Bonchev–Trinajstić information content (AvgIpc) is 2.93. The highest BCUT2D eigenvalue weighted by Gasteiger charge is 2.19. The number of carbonyl (C=O) groups excluding carboxylic acids is 2. The number of hydrogen-bond acceptors (Lipinski definition) is 6. The fraction of sp³-hybridized carbons (Fsp3) is 0.133. The van der Waals surface area contributed by atoms with Crippen molar-refractivity contribution >= 4 is 21.8 Å². The number of aryl methyl sites for hydroxylation is 2. The second-order valence-corrected chi connectivity index (χ2v) is 10.3. The molecule has 0 saturated heterocycles. The second-order valence-electron chi connectivity index (χ2n) is 8.33. The van der Waals surface area contributed by atoms with Crippen LogP contribution in [0.3, 0.4) is 0 Å². The first-order valence-corrected chi connectivity index (χ1v) is 13.4. The number of hydrogen-bond donors (Lipinski definition) is 0. The van der Waals surface area contributed by atoms with E-state index in [2.05, 4.69) is 0 Å². The number of carbonyl (C=O) groups is 2. The molecule has 4 aromatic carbocycles. The highest BCUT2D eigenvalue weighted by Crippen LogP contribution is 2.25. The molecule has 0 radical (unpaired) electrons. The molecule has 0 unspecified atom stereocenters. The van der Waals surface area contributed by atoms with Gasteiger partial charge in [0, 0.05) is 0 Å². The fourth-order valence-electron chi connectivity index (χ4n) is 3.59. The maximum absolute atomic E-state index is 13.0. The predicted molar refractivity (Wildman–Crippen MR) is 140 cm³/mol. The Bertz CT molecular complexity index is 1380. The third-order valence-corrected chi connectivity index (χ3v) is 7.67.